The van der Waals surface area contributed by atoms with Crippen LogP contribution in [0.4, 0.5) is 0 Å². The largest absolute Gasteiger partial charge is 0.488 e. The van der Waals surface area contributed by atoms with Crippen LogP contribution in [0.15, 0.2) is 72.8 Å². The second-order valence-electron chi connectivity index (χ2n) is 9.82. The third kappa shape index (κ3) is 5.38. The average Bonchev–Trinajstić information content (AvgIpc) is 2.90. The van der Waals surface area contributed by atoms with Gasteiger partial charge in [-0.1, -0.05) is 72.8 Å². The van der Waals surface area contributed by atoms with Crippen molar-refractivity contribution in [2.75, 3.05) is 0 Å². The molecule has 1 amide bonds. The Labute approximate surface area is 216 Å². The summed E-state index contributed by atoms with van der Waals surface area (Å²) in [6.45, 7) is 2.46. The van der Waals surface area contributed by atoms with E-state index >= 15 is 0 Å². The molecule has 2 atom stereocenters. The Kier molecular flexibility index (Phi) is 7.26. The first-order valence-electron chi connectivity index (χ1n) is 12.6. The lowest BCUT2D eigenvalue weighted by molar-refractivity contribution is -0.167. The molecule has 2 N–H and O–H groups in total. The van der Waals surface area contributed by atoms with E-state index in [9.17, 15) is 19.8 Å². The zero-order valence-electron chi connectivity index (χ0n) is 20.7. The number of ether oxygens (including phenoxy) is 2. The molecule has 192 valence electrons. The fraction of sp³-hybridized carbons (Fsp3) is 0.333. The lowest BCUT2D eigenvalue weighted by atomic mass is 9.90. The number of aliphatic carboxylic acids is 1. The van der Waals surface area contributed by atoms with E-state index in [1.807, 2.05) is 79.7 Å². The Hall–Kier alpha value is -3.68. The zero-order chi connectivity index (χ0) is 25.9. The standard InChI is InChI=1S/C30H31NO6/c1-19-12-13-22-17-31(29(33)28(21-10-6-3-7-11-21)37-24-14-23(32)15-24)26(30(34)35)16-25(22)27(19)36-18-20-8-4-2-5-9-20/h2-13,23-24,26,28,32H,14-18H2,1H3,(H,34,35). The van der Waals surface area contributed by atoms with Crippen molar-refractivity contribution in [1.29, 1.82) is 0 Å². The molecule has 0 radical (unpaired) electrons. The first-order valence-corrected chi connectivity index (χ1v) is 12.6. The highest BCUT2D eigenvalue weighted by atomic mass is 16.5. The van der Waals surface area contributed by atoms with E-state index in [0.717, 1.165) is 22.3 Å². The third-order valence-corrected chi connectivity index (χ3v) is 7.19. The molecule has 0 aromatic heterocycles. The first kappa shape index (κ1) is 25.0. The minimum Gasteiger partial charge on any atom is -0.488 e. The minimum atomic E-state index is -1.07. The van der Waals surface area contributed by atoms with E-state index in [1.54, 1.807) is 0 Å². The van der Waals surface area contributed by atoms with E-state index < -0.39 is 30.1 Å². The van der Waals surface area contributed by atoms with Crippen molar-refractivity contribution in [1.82, 2.24) is 4.90 Å². The lowest BCUT2D eigenvalue weighted by Gasteiger charge is -2.39. The van der Waals surface area contributed by atoms with Crippen LogP contribution in [0.5, 0.6) is 5.75 Å². The lowest BCUT2D eigenvalue weighted by Crippen LogP contribution is -2.51. The van der Waals surface area contributed by atoms with Crippen LogP contribution in [0.25, 0.3) is 0 Å². The Morgan fingerprint density at radius 1 is 1.00 bits per heavy atom. The van der Waals surface area contributed by atoms with Crippen LogP contribution < -0.4 is 4.74 Å². The summed E-state index contributed by atoms with van der Waals surface area (Å²) in [5, 5.41) is 19.9. The van der Waals surface area contributed by atoms with Gasteiger partial charge in [0.2, 0.25) is 0 Å². The van der Waals surface area contributed by atoms with Gasteiger partial charge in [0.05, 0.1) is 12.2 Å². The monoisotopic (exact) mass is 501 g/mol. The topological polar surface area (TPSA) is 96.3 Å². The molecule has 3 aromatic carbocycles. The normalized spacial score (nSPS) is 21.5. The molecule has 7 nitrogen and oxygen atoms in total. The Morgan fingerprint density at radius 2 is 1.68 bits per heavy atom. The summed E-state index contributed by atoms with van der Waals surface area (Å²) < 4.78 is 12.3. The van der Waals surface area contributed by atoms with E-state index in [4.69, 9.17) is 9.47 Å². The van der Waals surface area contributed by atoms with Crippen LogP contribution in [0.3, 0.4) is 0 Å². The molecule has 5 rings (SSSR count). The summed E-state index contributed by atoms with van der Waals surface area (Å²) in [6.07, 6.45) is -0.549. The van der Waals surface area contributed by atoms with Crippen LogP contribution >= 0.6 is 0 Å². The molecule has 1 aliphatic carbocycles. The van der Waals surface area contributed by atoms with Crippen molar-refractivity contribution in [3.05, 3.63) is 101 Å². The van der Waals surface area contributed by atoms with Crippen LogP contribution in [-0.4, -0.2) is 45.2 Å². The fourth-order valence-electron chi connectivity index (χ4n) is 5.04. The molecule has 3 aromatic rings. The number of carbonyl (C=O) groups is 2. The molecule has 1 fully saturated rings. The number of carboxylic acid groups (broad SMARTS) is 1. The molecule has 2 unspecified atom stereocenters. The summed E-state index contributed by atoms with van der Waals surface area (Å²) in [7, 11) is 0. The number of hydrogen-bond donors (Lipinski definition) is 2. The van der Waals surface area contributed by atoms with Gasteiger partial charge < -0.3 is 24.6 Å². The van der Waals surface area contributed by atoms with Crippen LogP contribution in [-0.2, 0) is 33.9 Å². The molecule has 2 aliphatic rings. The average molecular weight is 502 g/mol. The van der Waals surface area contributed by atoms with Gasteiger partial charge >= 0.3 is 5.97 Å². The maximum atomic E-state index is 13.9. The molecule has 0 spiro atoms. The van der Waals surface area contributed by atoms with E-state index in [0.29, 0.717) is 30.8 Å². The second-order valence-corrected chi connectivity index (χ2v) is 9.82. The minimum absolute atomic E-state index is 0.145. The molecular formula is C30H31NO6. The van der Waals surface area contributed by atoms with Crippen molar-refractivity contribution in [3.63, 3.8) is 0 Å². The molecule has 37 heavy (non-hydrogen) atoms. The highest BCUT2D eigenvalue weighted by Crippen LogP contribution is 2.37. The van der Waals surface area contributed by atoms with Gasteiger partial charge in [0, 0.05) is 18.5 Å². The highest BCUT2D eigenvalue weighted by Gasteiger charge is 2.41. The number of aliphatic hydroxyl groups excluding tert-OH is 1. The highest BCUT2D eigenvalue weighted by molar-refractivity contribution is 5.88. The van der Waals surface area contributed by atoms with Gasteiger partial charge in [0.25, 0.3) is 5.91 Å². The molecule has 0 bridgehead atoms. The summed E-state index contributed by atoms with van der Waals surface area (Å²) in [5.74, 6) is -0.780. The SMILES string of the molecule is Cc1ccc2c(c1OCc1ccccc1)CC(C(=O)O)N(C(=O)C(OC1CC(O)C1)c1ccccc1)C2. The van der Waals surface area contributed by atoms with Gasteiger partial charge in [0.1, 0.15) is 18.4 Å². The molecule has 7 heteroatoms. The van der Waals surface area contributed by atoms with E-state index in [2.05, 4.69) is 0 Å². The third-order valence-electron chi connectivity index (χ3n) is 7.19. The van der Waals surface area contributed by atoms with Gasteiger partial charge in [-0.3, -0.25) is 4.79 Å². The summed E-state index contributed by atoms with van der Waals surface area (Å²) >= 11 is 0. The van der Waals surface area contributed by atoms with Crippen molar-refractivity contribution in [3.8, 4) is 5.75 Å². The predicted octanol–water partition coefficient (Wildman–Crippen LogP) is 4.19. The van der Waals surface area contributed by atoms with Gasteiger partial charge in [0.15, 0.2) is 6.10 Å². The number of nitrogens with zero attached hydrogens (tertiary/aromatic N) is 1. The van der Waals surface area contributed by atoms with Crippen molar-refractivity contribution in [2.45, 2.75) is 63.7 Å². The van der Waals surface area contributed by atoms with Gasteiger partial charge in [-0.25, -0.2) is 4.79 Å². The number of benzene rings is 3. The van der Waals surface area contributed by atoms with E-state index in [-0.39, 0.29) is 19.1 Å². The van der Waals surface area contributed by atoms with Gasteiger partial charge in [-0.15, -0.1) is 0 Å². The van der Waals surface area contributed by atoms with Crippen molar-refractivity contribution in [2.24, 2.45) is 0 Å². The summed E-state index contributed by atoms with van der Waals surface area (Å²) in [6, 6.07) is 21.8. The molecule has 0 saturated heterocycles. The maximum absolute atomic E-state index is 13.9. The second kappa shape index (κ2) is 10.7. The smallest absolute Gasteiger partial charge is 0.326 e. The maximum Gasteiger partial charge on any atom is 0.326 e. The molecule has 1 heterocycles. The number of amides is 1. The van der Waals surface area contributed by atoms with Crippen LogP contribution in [0.2, 0.25) is 0 Å². The van der Waals surface area contributed by atoms with E-state index in [1.165, 1.54) is 4.90 Å². The number of aliphatic hydroxyl groups is 1. The van der Waals surface area contributed by atoms with Crippen LogP contribution in [0.1, 0.15) is 46.8 Å². The van der Waals surface area contributed by atoms with Crippen molar-refractivity contribution < 1.29 is 29.3 Å². The Balaban J connectivity index is 1.43. The number of carbonyl (C=O) groups excluding carboxylic acids is 1. The summed E-state index contributed by atoms with van der Waals surface area (Å²) in [5.41, 5.74) is 4.30. The number of rotatable bonds is 8. The molecular weight excluding hydrogens is 470 g/mol. The number of fused-ring (bicyclic) bond motifs is 1. The fourth-order valence-corrected chi connectivity index (χ4v) is 5.04. The number of aryl methyl sites for hydroxylation is 1. The Bertz CT molecular complexity index is 1260. The quantitative estimate of drug-likeness (QED) is 0.481. The van der Waals surface area contributed by atoms with Crippen molar-refractivity contribution >= 4 is 11.9 Å². The molecule has 1 saturated carbocycles. The zero-order valence-corrected chi connectivity index (χ0v) is 20.7. The van der Waals surface area contributed by atoms with Crippen LogP contribution in [0, 0.1) is 6.92 Å². The summed E-state index contributed by atoms with van der Waals surface area (Å²) in [4.78, 5) is 27.7. The van der Waals surface area contributed by atoms with Gasteiger partial charge in [-0.05, 0) is 42.0 Å². The number of hydrogen-bond acceptors (Lipinski definition) is 5. The first-order chi connectivity index (χ1) is 17.9. The molecule has 1 aliphatic heterocycles. The number of carboxylic acids is 1. The predicted molar refractivity (Wildman–Crippen MR) is 137 cm³/mol. The van der Waals surface area contributed by atoms with Gasteiger partial charge in [-0.2, -0.15) is 0 Å². The Morgan fingerprint density at radius 3 is 2.32 bits per heavy atom.